The van der Waals surface area contributed by atoms with E-state index in [0.717, 1.165) is 24.5 Å². The van der Waals surface area contributed by atoms with Gasteiger partial charge >= 0.3 is 0 Å². The summed E-state index contributed by atoms with van der Waals surface area (Å²) in [5.41, 5.74) is 2.45. The molecule has 0 radical (unpaired) electrons. The van der Waals surface area contributed by atoms with Crippen molar-refractivity contribution < 1.29 is 4.79 Å². The highest BCUT2D eigenvalue weighted by Gasteiger charge is 2.17. The van der Waals surface area contributed by atoms with Crippen molar-refractivity contribution in [2.75, 3.05) is 6.54 Å². The van der Waals surface area contributed by atoms with Crippen molar-refractivity contribution in [1.82, 2.24) is 10.6 Å². The topological polar surface area (TPSA) is 41.1 Å². The van der Waals surface area contributed by atoms with E-state index in [1.54, 1.807) is 0 Å². The first-order chi connectivity index (χ1) is 8.15. The third-order valence-electron chi connectivity index (χ3n) is 3.15. The molecule has 3 nitrogen and oxygen atoms in total. The largest absolute Gasteiger partial charge is 0.355 e. The Morgan fingerprint density at radius 2 is 2.35 bits per heavy atom. The summed E-state index contributed by atoms with van der Waals surface area (Å²) in [6, 6.07) is 6.31. The molecule has 2 rings (SSSR count). The maximum Gasteiger partial charge on any atom is 0.220 e. The van der Waals surface area contributed by atoms with Gasteiger partial charge in [0.15, 0.2) is 0 Å². The maximum atomic E-state index is 11.0. The number of halogens is 1. The summed E-state index contributed by atoms with van der Waals surface area (Å²) in [7, 11) is 0. The summed E-state index contributed by atoms with van der Waals surface area (Å²) in [5, 5.41) is 7.10. The smallest absolute Gasteiger partial charge is 0.220 e. The zero-order valence-electron chi connectivity index (χ0n) is 9.92. The number of aryl methyl sites for hydroxylation is 1. The van der Waals surface area contributed by atoms with E-state index in [9.17, 15) is 4.79 Å². The Kier molecular flexibility index (Phi) is 4.02. The minimum absolute atomic E-state index is 0.158. The van der Waals surface area contributed by atoms with Gasteiger partial charge in [-0.2, -0.15) is 0 Å². The Labute approximate surface area is 107 Å². The predicted molar refractivity (Wildman–Crippen MR) is 69.1 cm³/mol. The van der Waals surface area contributed by atoms with Gasteiger partial charge in [-0.15, -0.1) is 0 Å². The summed E-state index contributed by atoms with van der Waals surface area (Å²) >= 11 is 5.91. The molecule has 92 valence electrons. The quantitative estimate of drug-likeness (QED) is 0.864. The second-order valence-corrected chi connectivity index (χ2v) is 4.93. The third-order valence-corrected chi connectivity index (χ3v) is 3.39. The highest BCUT2D eigenvalue weighted by molar-refractivity contribution is 6.30. The van der Waals surface area contributed by atoms with E-state index in [0.29, 0.717) is 12.5 Å². The van der Waals surface area contributed by atoms with Gasteiger partial charge in [0, 0.05) is 30.6 Å². The molecule has 0 spiro atoms. The monoisotopic (exact) mass is 252 g/mol. The number of hydrogen-bond donors (Lipinski definition) is 2. The van der Waals surface area contributed by atoms with E-state index in [2.05, 4.69) is 17.6 Å². The van der Waals surface area contributed by atoms with Crippen LogP contribution in [0.1, 0.15) is 24.0 Å². The van der Waals surface area contributed by atoms with Crippen molar-refractivity contribution in [1.29, 1.82) is 0 Å². The molecule has 1 aromatic carbocycles. The number of rotatable bonds is 3. The van der Waals surface area contributed by atoms with Crippen LogP contribution in [-0.2, 0) is 11.3 Å². The zero-order valence-corrected chi connectivity index (χ0v) is 10.7. The highest BCUT2D eigenvalue weighted by Crippen LogP contribution is 2.15. The van der Waals surface area contributed by atoms with Crippen LogP contribution in [0, 0.1) is 6.92 Å². The van der Waals surface area contributed by atoms with Gasteiger partial charge in [-0.1, -0.05) is 17.7 Å². The van der Waals surface area contributed by atoms with E-state index in [1.165, 1.54) is 11.1 Å². The van der Waals surface area contributed by atoms with E-state index in [1.807, 2.05) is 18.2 Å². The standard InChI is InChI=1S/C13H17ClN2O/c1-9-6-11(14)3-2-10(9)7-15-12-4-5-13(17)16-8-12/h2-3,6,12,15H,4-5,7-8H2,1H3,(H,16,17). The molecule has 0 aromatic heterocycles. The van der Waals surface area contributed by atoms with Crippen molar-refractivity contribution in [2.24, 2.45) is 0 Å². The van der Waals surface area contributed by atoms with Crippen LogP contribution in [0.15, 0.2) is 18.2 Å². The number of hydrogen-bond acceptors (Lipinski definition) is 2. The molecule has 1 heterocycles. The second-order valence-electron chi connectivity index (χ2n) is 4.49. The van der Waals surface area contributed by atoms with Gasteiger partial charge in [0.2, 0.25) is 5.91 Å². The fourth-order valence-corrected chi connectivity index (χ4v) is 2.25. The predicted octanol–water partition coefficient (Wildman–Crippen LogP) is 2.02. The lowest BCUT2D eigenvalue weighted by atomic mass is 10.1. The average molecular weight is 253 g/mol. The molecule has 1 fully saturated rings. The number of piperidine rings is 1. The summed E-state index contributed by atoms with van der Waals surface area (Å²) in [6.07, 6.45) is 1.54. The zero-order chi connectivity index (χ0) is 12.3. The van der Waals surface area contributed by atoms with Crippen LogP contribution in [0.5, 0.6) is 0 Å². The van der Waals surface area contributed by atoms with E-state index >= 15 is 0 Å². The molecule has 17 heavy (non-hydrogen) atoms. The van der Waals surface area contributed by atoms with E-state index in [4.69, 9.17) is 11.6 Å². The molecule has 1 aliphatic heterocycles. The van der Waals surface area contributed by atoms with Crippen LogP contribution in [-0.4, -0.2) is 18.5 Å². The third kappa shape index (κ3) is 3.45. The normalized spacial score (nSPS) is 20.1. The fraction of sp³-hybridized carbons (Fsp3) is 0.462. The molecule has 1 aromatic rings. The first kappa shape index (κ1) is 12.4. The van der Waals surface area contributed by atoms with Gasteiger partial charge in [-0.25, -0.2) is 0 Å². The van der Waals surface area contributed by atoms with Crippen LogP contribution in [0.4, 0.5) is 0 Å². The molecule has 1 unspecified atom stereocenters. The Balaban J connectivity index is 1.87. The summed E-state index contributed by atoms with van der Waals surface area (Å²) < 4.78 is 0. The van der Waals surface area contributed by atoms with Gasteiger partial charge in [0.25, 0.3) is 0 Å². The molecule has 0 aliphatic carbocycles. The highest BCUT2D eigenvalue weighted by atomic mass is 35.5. The Morgan fingerprint density at radius 1 is 1.53 bits per heavy atom. The van der Waals surface area contributed by atoms with Crippen LogP contribution in [0.25, 0.3) is 0 Å². The van der Waals surface area contributed by atoms with Gasteiger partial charge in [0.1, 0.15) is 0 Å². The Morgan fingerprint density at radius 3 is 3.00 bits per heavy atom. The summed E-state index contributed by atoms with van der Waals surface area (Å²) in [5.74, 6) is 0.158. The second kappa shape index (κ2) is 5.52. The van der Waals surface area contributed by atoms with Crippen molar-refractivity contribution in [2.45, 2.75) is 32.4 Å². The number of nitrogens with one attached hydrogen (secondary N) is 2. The van der Waals surface area contributed by atoms with E-state index in [-0.39, 0.29) is 5.91 Å². The molecule has 1 atom stereocenters. The first-order valence-electron chi connectivity index (χ1n) is 5.90. The SMILES string of the molecule is Cc1cc(Cl)ccc1CNC1CCC(=O)NC1. The summed E-state index contributed by atoms with van der Waals surface area (Å²) in [6.45, 7) is 3.61. The van der Waals surface area contributed by atoms with Gasteiger partial charge in [-0.05, 0) is 36.6 Å². The lowest BCUT2D eigenvalue weighted by Gasteiger charge is -2.24. The molecular weight excluding hydrogens is 236 g/mol. The molecule has 4 heteroatoms. The molecule has 0 bridgehead atoms. The molecular formula is C13H17ClN2O. The minimum atomic E-state index is 0.158. The van der Waals surface area contributed by atoms with Crippen molar-refractivity contribution in [3.63, 3.8) is 0 Å². The number of benzene rings is 1. The van der Waals surface area contributed by atoms with Crippen LogP contribution >= 0.6 is 11.6 Å². The maximum absolute atomic E-state index is 11.0. The van der Waals surface area contributed by atoms with Gasteiger partial charge in [-0.3, -0.25) is 4.79 Å². The minimum Gasteiger partial charge on any atom is -0.355 e. The number of amides is 1. The molecule has 1 aliphatic rings. The van der Waals surface area contributed by atoms with Crippen LogP contribution in [0.2, 0.25) is 5.02 Å². The molecule has 1 amide bonds. The van der Waals surface area contributed by atoms with E-state index < -0.39 is 0 Å². The average Bonchev–Trinajstić information content (AvgIpc) is 2.30. The van der Waals surface area contributed by atoms with Gasteiger partial charge < -0.3 is 10.6 Å². The summed E-state index contributed by atoms with van der Waals surface area (Å²) in [4.78, 5) is 11.0. The molecule has 2 N–H and O–H groups in total. The van der Waals surface area contributed by atoms with Crippen molar-refractivity contribution >= 4 is 17.5 Å². The number of carbonyl (C=O) groups is 1. The molecule has 1 saturated heterocycles. The fourth-order valence-electron chi connectivity index (χ4n) is 2.02. The first-order valence-corrected chi connectivity index (χ1v) is 6.28. The van der Waals surface area contributed by atoms with Crippen molar-refractivity contribution in [3.05, 3.63) is 34.3 Å². The lowest BCUT2D eigenvalue weighted by molar-refractivity contribution is -0.122. The lowest BCUT2D eigenvalue weighted by Crippen LogP contribution is -2.45. The number of carbonyl (C=O) groups excluding carboxylic acids is 1. The Bertz CT molecular complexity index is 410. The van der Waals surface area contributed by atoms with Crippen molar-refractivity contribution in [3.8, 4) is 0 Å². The van der Waals surface area contributed by atoms with Gasteiger partial charge in [0.05, 0.1) is 0 Å². The molecule has 0 saturated carbocycles. The van der Waals surface area contributed by atoms with Crippen LogP contribution < -0.4 is 10.6 Å². The Hall–Kier alpha value is -1.06. The van der Waals surface area contributed by atoms with Crippen LogP contribution in [0.3, 0.4) is 0 Å².